The lowest BCUT2D eigenvalue weighted by Gasteiger charge is -2.12. The van der Waals surface area contributed by atoms with Crippen LogP contribution >= 0.6 is 0 Å². The molecule has 0 aliphatic carbocycles. The number of pyridine rings is 1. The van der Waals surface area contributed by atoms with Gasteiger partial charge in [0.2, 0.25) is 5.95 Å². The van der Waals surface area contributed by atoms with Crippen LogP contribution in [0.4, 0.5) is 11.8 Å². The molecule has 0 radical (unpaired) electrons. The minimum atomic E-state index is 0.624. The molecule has 122 valence electrons. The lowest BCUT2D eigenvalue weighted by Crippen LogP contribution is -2.08. The highest BCUT2D eigenvalue weighted by Gasteiger charge is 2.07. The average molecular weight is 319 g/mol. The maximum absolute atomic E-state index is 4.58. The normalized spacial score (nSPS) is 10.4. The summed E-state index contributed by atoms with van der Waals surface area (Å²) in [5, 5.41) is 6.59. The molecule has 3 rings (SSSR count). The van der Waals surface area contributed by atoms with Crippen molar-refractivity contribution in [1.82, 2.24) is 15.0 Å². The number of nitrogens with zero attached hydrogens (tertiary/aromatic N) is 3. The van der Waals surface area contributed by atoms with Gasteiger partial charge in [0.05, 0.1) is 5.69 Å². The molecule has 5 nitrogen and oxygen atoms in total. The lowest BCUT2D eigenvalue weighted by atomic mass is 10.1. The average Bonchev–Trinajstić information content (AvgIpc) is 2.62. The standard InChI is InChI=1S/C19H21N5/c1-3-21-19-23-17(15-8-10-20-11-9-15)12-18(24-19)22-13-16-7-5-4-6-14(16)2/h4-12H,3,13H2,1-2H3,(H2,21,22,23,24). The van der Waals surface area contributed by atoms with Gasteiger partial charge in [-0.05, 0) is 37.1 Å². The van der Waals surface area contributed by atoms with Crippen LogP contribution in [0.1, 0.15) is 18.1 Å². The van der Waals surface area contributed by atoms with Crippen LogP contribution in [0.15, 0.2) is 54.9 Å². The van der Waals surface area contributed by atoms with Crippen LogP contribution in [0, 0.1) is 6.92 Å². The number of aromatic nitrogens is 3. The summed E-state index contributed by atoms with van der Waals surface area (Å²) in [6.45, 7) is 5.65. The maximum atomic E-state index is 4.58. The Labute approximate surface area is 142 Å². The van der Waals surface area contributed by atoms with Gasteiger partial charge in [-0.2, -0.15) is 4.98 Å². The summed E-state index contributed by atoms with van der Waals surface area (Å²) in [6, 6.07) is 14.2. The lowest BCUT2D eigenvalue weighted by molar-refractivity contribution is 1.05. The smallest absolute Gasteiger partial charge is 0.225 e. The Hall–Kier alpha value is -2.95. The summed E-state index contributed by atoms with van der Waals surface area (Å²) in [5.41, 5.74) is 4.41. The molecule has 0 unspecified atom stereocenters. The number of nitrogens with one attached hydrogen (secondary N) is 2. The third-order valence-corrected chi connectivity index (χ3v) is 3.76. The quantitative estimate of drug-likeness (QED) is 0.721. The summed E-state index contributed by atoms with van der Waals surface area (Å²) in [6.07, 6.45) is 3.54. The Balaban J connectivity index is 1.86. The van der Waals surface area contributed by atoms with Crippen molar-refractivity contribution < 1.29 is 0 Å². The van der Waals surface area contributed by atoms with Gasteiger partial charge in [0.1, 0.15) is 5.82 Å². The molecule has 0 amide bonds. The van der Waals surface area contributed by atoms with E-state index in [1.165, 1.54) is 11.1 Å². The molecule has 1 aromatic carbocycles. The van der Waals surface area contributed by atoms with Gasteiger partial charge < -0.3 is 10.6 Å². The first-order valence-corrected chi connectivity index (χ1v) is 8.08. The highest BCUT2D eigenvalue weighted by molar-refractivity contribution is 5.63. The van der Waals surface area contributed by atoms with Crippen molar-refractivity contribution in [2.45, 2.75) is 20.4 Å². The highest BCUT2D eigenvalue weighted by Crippen LogP contribution is 2.21. The van der Waals surface area contributed by atoms with E-state index >= 15 is 0 Å². The summed E-state index contributed by atoms with van der Waals surface area (Å²) >= 11 is 0. The first-order chi connectivity index (χ1) is 11.8. The molecule has 0 bridgehead atoms. The third-order valence-electron chi connectivity index (χ3n) is 3.76. The predicted octanol–water partition coefficient (Wildman–Crippen LogP) is 3.89. The second-order valence-electron chi connectivity index (χ2n) is 5.51. The molecule has 5 heteroatoms. The molecule has 0 saturated heterocycles. The summed E-state index contributed by atoms with van der Waals surface area (Å²) in [5.74, 6) is 1.43. The van der Waals surface area contributed by atoms with Crippen LogP contribution in [0.5, 0.6) is 0 Å². The van der Waals surface area contributed by atoms with Crippen LogP contribution in [0.3, 0.4) is 0 Å². The fraction of sp³-hybridized carbons (Fsp3) is 0.211. The number of hydrogen-bond acceptors (Lipinski definition) is 5. The summed E-state index contributed by atoms with van der Waals surface area (Å²) in [4.78, 5) is 13.2. The molecule has 24 heavy (non-hydrogen) atoms. The van der Waals surface area contributed by atoms with Gasteiger partial charge >= 0.3 is 0 Å². The Morgan fingerprint density at radius 1 is 0.958 bits per heavy atom. The number of benzene rings is 1. The molecule has 0 aliphatic rings. The van der Waals surface area contributed by atoms with Crippen molar-refractivity contribution in [2.75, 3.05) is 17.2 Å². The zero-order valence-electron chi connectivity index (χ0n) is 14.0. The van der Waals surface area contributed by atoms with Crippen molar-refractivity contribution in [3.05, 3.63) is 66.0 Å². The van der Waals surface area contributed by atoms with Crippen molar-refractivity contribution in [3.63, 3.8) is 0 Å². The van der Waals surface area contributed by atoms with E-state index in [9.17, 15) is 0 Å². The zero-order valence-corrected chi connectivity index (χ0v) is 14.0. The molecule has 2 N–H and O–H groups in total. The van der Waals surface area contributed by atoms with Gasteiger partial charge in [-0.1, -0.05) is 24.3 Å². The van der Waals surface area contributed by atoms with E-state index in [0.717, 1.165) is 30.2 Å². The van der Waals surface area contributed by atoms with E-state index in [0.29, 0.717) is 5.95 Å². The molecule has 0 spiro atoms. The van der Waals surface area contributed by atoms with Crippen LogP contribution in [-0.2, 0) is 6.54 Å². The molecule has 0 fully saturated rings. The largest absolute Gasteiger partial charge is 0.366 e. The van der Waals surface area contributed by atoms with Crippen LogP contribution < -0.4 is 10.6 Å². The van der Waals surface area contributed by atoms with E-state index in [1.54, 1.807) is 12.4 Å². The van der Waals surface area contributed by atoms with Crippen molar-refractivity contribution >= 4 is 11.8 Å². The van der Waals surface area contributed by atoms with Crippen molar-refractivity contribution in [2.24, 2.45) is 0 Å². The number of hydrogen-bond donors (Lipinski definition) is 2. The summed E-state index contributed by atoms with van der Waals surface area (Å²) in [7, 11) is 0. The third kappa shape index (κ3) is 3.87. The Bertz CT molecular complexity index is 802. The minimum Gasteiger partial charge on any atom is -0.366 e. The molecule has 0 saturated carbocycles. The SMILES string of the molecule is CCNc1nc(NCc2ccccc2C)cc(-c2ccncc2)n1. The second-order valence-corrected chi connectivity index (χ2v) is 5.51. The predicted molar refractivity (Wildman–Crippen MR) is 97.9 cm³/mol. The van der Waals surface area contributed by atoms with Crippen molar-refractivity contribution in [1.29, 1.82) is 0 Å². The fourth-order valence-corrected chi connectivity index (χ4v) is 2.44. The monoisotopic (exact) mass is 319 g/mol. The Kier molecular flexibility index (Phi) is 5.01. The number of aryl methyl sites for hydroxylation is 1. The molecular formula is C19H21N5. The van der Waals surface area contributed by atoms with E-state index in [4.69, 9.17) is 0 Å². The fourth-order valence-electron chi connectivity index (χ4n) is 2.44. The second kappa shape index (κ2) is 7.55. The molecule has 2 heterocycles. The van der Waals surface area contributed by atoms with E-state index in [2.05, 4.69) is 50.7 Å². The molecule has 0 atom stereocenters. The van der Waals surface area contributed by atoms with Gasteiger partial charge in [0.15, 0.2) is 0 Å². The van der Waals surface area contributed by atoms with Crippen LogP contribution in [0.25, 0.3) is 11.3 Å². The van der Waals surface area contributed by atoms with Gasteiger partial charge in [-0.15, -0.1) is 0 Å². The van der Waals surface area contributed by atoms with Gasteiger partial charge in [0.25, 0.3) is 0 Å². The molecular weight excluding hydrogens is 298 g/mol. The van der Waals surface area contributed by atoms with E-state index in [-0.39, 0.29) is 0 Å². The van der Waals surface area contributed by atoms with Gasteiger partial charge in [-0.25, -0.2) is 4.98 Å². The topological polar surface area (TPSA) is 62.7 Å². The van der Waals surface area contributed by atoms with Gasteiger partial charge in [-0.3, -0.25) is 4.98 Å². The first kappa shape index (κ1) is 15.9. The van der Waals surface area contributed by atoms with Gasteiger partial charge in [0, 0.05) is 37.1 Å². The number of rotatable bonds is 6. The van der Waals surface area contributed by atoms with Crippen molar-refractivity contribution in [3.8, 4) is 11.3 Å². The molecule has 2 aromatic heterocycles. The van der Waals surface area contributed by atoms with E-state index < -0.39 is 0 Å². The first-order valence-electron chi connectivity index (χ1n) is 8.08. The maximum Gasteiger partial charge on any atom is 0.225 e. The Morgan fingerprint density at radius 2 is 1.75 bits per heavy atom. The van der Waals surface area contributed by atoms with Crippen LogP contribution in [0.2, 0.25) is 0 Å². The molecule has 0 aliphatic heterocycles. The number of anilines is 2. The zero-order chi connectivity index (χ0) is 16.8. The molecule has 3 aromatic rings. The summed E-state index contributed by atoms with van der Waals surface area (Å²) < 4.78 is 0. The highest BCUT2D eigenvalue weighted by atomic mass is 15.1. The minimum absolute atomic E-state index is 0.624. The van der Waals surface area contributed by atoms with E-state index in [1.807, 2.05) is 31.2 Å². The Morgan fingerprint density at radius 3 is 2.50 bits per heavy atom. The van der Waals surface area contributed by atoms with Crippen LogP contribution in [-0.4, -0.2) is 21.5 Å².